The highest BCUT2D eigenvalue weighted by Gasteiger charge is 2.22. The Labute approximate surface area is 179 Å². The van der Waals surface area contributed by atoms with Gasteiger partial charge < -0.3 is 10.2 Å². The van der Waals surface area contributed by atoms with Gasteiger partial charge in [-0.1, -0.05) is 19.1 Å². The van der Waals surface area contributed by atoms with Crippen LogP contribution < -0.4 is 5.32 Å². The molecule has 6 nitrogen and oxygen atoms in total. The fraction of sp³-hybridized carbons (Fsp3) is 0.435. The van der Waals surface area contributed by atoms with Gasteiger partial charge in [-0.3, -0.25) is 4.79 Å². The molecule has 162 valence electrons. The lowest BCUT2D eigenvalue weighted by Gasteiger charge is -2.31. The SMILES string of the molecule is Cc1cc(C(=O)N2CCCC(C)C2)ccc1NCc1cccc(S(=O)(=O)N(C)C)c1. The van der Waals surface area contributed by atoms with Crippen molar-refractivity contribution < 1.29 is 13.2 Å². The van der Waals surface area contributed by atoms with Gasteiger partial charge in [0.2, 0.25) is 10.0 Å². The molecule has 1 amide bonds. The van der Waals surface area contributed by atoms with E-state index in [9.17, 15) is 13.2 Å². The Bertz CT molecular complexity index is 1020. The number of hydrogen-bond acceptors (Lipinski definition) is 4. The van der Waals surface area contributed by atoms with Crippen molar-refractivity contribution in [1.82, 2.24) is 9.21 Å². The van der Waals surface area contributed by atoms with Crippen LogP contribution in [0.3, 0.4) is 0 Å². The first-order valence-electron chi connectivity index (χ1n) is 10.3. The minimum Gasteiger partial charge on any atom is -0.381 e. The van der Waals surface area contributed by atoms with E-state index in [0.29, 0.717) is 18.0 Å². The third-order valence-corrected chi connectivity index (χ3v) is 7.39. The Kier molecular flexibility index (Phi) is 6.83. The van der Waals surface area contributed by atoms with Crippen LogP contribution >= 0.6 is 0 Å². The van der Waals surface area contributed by atoms with E-state index in [2.05, 4.69) is 12.2 Å². The lowest BCUT2D eigenvalue weighted by molar-refractivity contribution is 0.0683. The molecule has 0 radical (unpaired) electrons. The molecule has 1 atom stereocenters. The molecular formula is C23H31N3O3S. The molecule has 30 heavy (non-hydrogen) atoms. The Morgan fingerprint density at radius 2 is 1.97 bits per heavy atom. The lowest BCUT2D eigenvalue weighted by atomic mass is 9.99. The van der Waals surface area contributed by atoms with E-state index in [0.717, 1.165) is 36.3 Å². The monoisotopic (exact) mass is 429 g/mol. The van der Waals surface area contributed by atoms with Crippen LogP contribution in [0.25, 0.3) is 0 Å². The number of nitrogens with one attached hydrogen (secondary N) is 1. The van der Waals surface area contributed by atoms with E-state index in [1.54, 1.807) is 18.2 Å². The molecule has 0 aromatic heterocycles. The summed E-state index contributed by atoms with van der Waals surface area (Å²) in [5.41, 5.74) is 3.51. The number of sulfonamides is 1. The topological polar surface area (TPSA) is 69.7 Å². The van der Waals surface area contributed by atoms with Crippen molar-refractivity contribution in [3.05, 3.63) is 59.2 Å². The van der Waals surface area contributed by atoms with E-state index < -0.39 is 10.0 Å². The first-order chi connectivity index (χ1) is 14.2. The van der Waals surface area contributed by atoms with Crippen LogP contribution in [0.15, 0.2) is 47.4 Å². The molecular weight excluding hydrogens is 398 g/mol. The summed E-state index contributed by atoms with van der Waals surface area (Å²) in [6, 6.07) is 12.7. The van der Waals surface area contributed by atoms with E-state index in [-0.39, 0.29) is 10.8 Å². The number of nitrogens with zero attached hydrogens (tertiary/aromatic N) is 2. The predicted molar refractivity (Wildman–Crippen MR) is 120 cm³/mol. The molecule has 1 aliphatic rings. The maximum absolute atomic E-state index is 12.8. The average molecular weight is 430 g/mol. The van der Waals surface area contributed by atoms with Crippen molar-refractivity contribution in [2.75, 3.05) is 32.5 Å². The molecule has 1 heterocycles. The maximum Gasteiger partial charge on any atom is 0.253 e. The van der Waals surface area contributed by atoms with Crippen LogP contribution in [0.5, 0.6) is 0 Å². The van der Waals surface area contributed by atoms with Crippen molar-refractivity contribution in [3.63, 3.8) is 0 Å². The molecule has 0 saturated carbocycles. The van der Waals surface area contributed by atoms with Crippen molar-refractivity contribution in [3.8, 4) is 0 Å². The summed E-state index contributed by atoms with van der Waals surface area (Å²) in [5.74, 6) is 0.648. The van der Waals surface area contributed by atoms with Gasteiger partial charge in [-0.15, -0.1) is 0 Å². The zero-order valence-corrected chi connectivity index (χ0v) is 19.0. The van der Waals surface area contributed by atoms with Crippen molar-refractivity contribution in [2.45, 2.75) is 38.1 Å². The number of piperidine rings is 1. The summed E-state index contributed by atoms with van der Waals surface area (Å²) in [6.45, 7) is 6.31. The maximum atomic E-state index is 12.8. The lowest BCUT2D eigenvalue weighted by Crippen LogP contribution is -2.39. The Balaban J connectivity index is 1.69. The van der Waals surface area contributed by atoms with Gasteiger partial charge in [-0.25, -0.2) is 12.7 Å². The molecule has 3 rings (SSSR count). The van der Waals surface area contributed by atoms with Crippen LogP contribution in [0.1, 0.15) is 41.3 Å². The third kappa shape index (κ3) is 5.02. The number of hydrogen-bond donors (Lipinski definition) is 1. The van der Waals surface area contributed by atoms with Gasteiger partial charge in [0, 0.05) is 45.0 Å². The number of anilines is 1. The highest BCUT2D eigenvalue weighted by Crippen LogP contribution is 2.22. The summed E-state index contributed by atoms with van der Waals surface area (Å²) in [5, 5.41) is 3.36. The standard InChI is InChI=1S/C23H31N3O3S/c1-17-7-6-12-26(16-17)23(27)20-10-11-22(18(2)13-20)24-15-19-8-5-9-21(14-19)30(28,29)25(3)4/h5,8-11,13-14,17,24H,6-7,12,15-16H2,1-4H3. The van der Waals surface area contributed by atoms with Crippen LogP contribution in [-0.4, -0.2) is 50.7 Å². The third-order valence-electron chi connectivity index (χ3n) is 5.58. The number of carbonyl (C=O) groups is 1. The molecule has 0 bridgehead atoms. The van der Waals surface area contributed by atoms with Gasteiger partial charge in [0.25, 0.3) is 5.91 Å². The molecule has 0 aliphatic carbocycles. The second-order valence-electron chi connectivity index (χ2n) is 8.32. The first-order valence-corrected chi connectivity index (χ1v) is 11.8. The van der Waals surface area contributed by atoms with Gasteiger partial charge in [0.05, 0.1) is 4.90 Å². The molecule has 2 aromatic rings. The van der Waals surface area contributed by atoms with Crippen LogP contribution in [0.2, 0.25) is 0 Å². The van der Waals surface area contributed by atoms with Crippen LogP contribution in [0.4, 0.5) is 5.69 Å². The Morgan fingerprint density at radius 1 is 1.20 bits per heavy atom. The van der Waals surface area contributed by atoms with E-state index in [4.69, 9.17) is 0 Å². The van der Waals surface area contributed by atoms with Gasteiger partial charge >= 0.3 is 0 Å². The van der Waals surface area contributed by atoms with E-state index in [1.165, 1.54) is 24.8 Å². The van der Waals surface area contributed by atoms with E-state index >= 15 is 0 Å². The average Bonchev–Trinajstić information content (AvgIpc) is 2.72. The second-order valence-corrected chi connectivity index (χ2v) is 10.5. The summed E-state index contributed by atoms with van der Waals surface area (Å²) >= 11 is 0. The van der Waals surface area contributed by atoms with E-state index in [1.807, 2.05) is 36.1 Å². The second kappa shape index (κ2) is 9.18. The van der Waals surface area contributed by atoms with Gasteiger partial charge in [0.15, 0.2) is 0 Å². The Morgan fingerprint density at radius 3 is 2.63 bits per heavy atom. The zero-order chi connectivity index (χ0) is 21.9. The molecule has 1 unspecified atom stereocenters. The molecule has 1 saturated heterocycles. The minimum atomic E-state index is -3.46. The zero-order valence-electron chi connectivity index (χ0n) is 18.2. The quantitative estimate of drug-likeness (QED) is 0.760. The van der Waals surface area contributed by atoms with Crippen molar-refractivity contribution in [1.29, 1.82) is 0 Å². The smallest absolute Gasteiger partial charge is 0.253 e. The summed E-state index contributed by atoms with van der Waals surface area (Å²) in [7, 11) is -0.407. The van der Waals surface area contributed by atoms with Gasteiger partial charge in [-0.05, 0) is 67.1 Å². The van der Waals surface area contributed by atoms with Crippen LogP contribution in [0, 0.1) is 12.8 Å². The van der Waals surface area contributed by atoms with Crippen LogP contribution in [-0.2, 0) is 16.6 Å². The van der Waals surface area contributed by atoms with Gasteiger partial charge in [0.1, 0.15) is 0 Å². The predicted octanol–water partition coefficient (Wildman–Crippen LogP) is 3.73. The molecule has 2 aromatic carbocycles. The molecule has 1 N–H and O–H groups in total. The largest absolute Gasteiger partial charge is 0.381 e. The number of benzene rings is 2. The Hall–Kier alpha value is -2.38. The fourth-order valence-corrected chi connectivity index (χ4v) is 4.75. The highest BCUT2D eigenvalue weighted by atomic mass is 32.2. The summed E-state index contributed by atoms with van der Waals surface area (Å²) < 4.78 is 25.9. The number of aryl methyl sites for hydroxylation is 1. The first kappa shape index (κ1) is 22.3. The van der Waals surface area contributed by atoms with Crippen molar-refractivity contribution in [2.24, 2.45) is 5.92 Å². The number of amides is 1. The fourth-order valence-electron chi connectivity index (χ4n) is 3.78. The van der Waals surface area contributed by atoms with Crippen molar-refractivity contribution >= 4 is 21.6 Å². The highest BCUT2D eigenvalue weighted by molar-refractivity contribution is 7.89. The minimum absolute atomic E-state index is 0.0952. The molecule has 1 fully saturated rings. The molecule has 1 aliphatic heterocycles. The normalized spacial score (nSPS) is 17.2. The number of carbonyl (C=O) groups excluding carboxylic acids is 1. The molecule has 7 heteroatoms. The van der Waals surface area contributed by atoms with Gasteiger partial charge in [-0.2, -0.15) is 0 Å². The number of rotatable bonds is 6. The summed E-state index contributed by atoms with van der Waals surface area (Å²) in [6.07, 6.45) is 2.25. The molecule has 0 spiro atoms. The number of likely N-dealkylation sites (tertiary alicyclic amines) is 1. The summed E-state index contributed by atoms with van der Waals surface area (Å²) in [4.78, 5) is 15.0.